The van der Waals surface area contributed by atoms with E-state index in [2.05, 4.69) is 27.9 Å². The minimum absolute atomic E-state index is 0.0947. The average molecular weight is 421 g/mol. The fraction of sp³-hybridized carbons (Fsp3) is 0.467. The van der Waals surface area contributed by atoms with Crippen LogP contribution in [-0.2, 0) is 9.59 Å². The number of nitrogens with one attached hydrogen (secondary N) is 1. The third-order valence-electron chi connectivity index (χ3n) is 4.13. The molecule has 1 aliphatic heterocycles. The van der Waals surface area contributed by atoms with Gasteiger partial charge in [-0.1, -0.05) is 25.4 Å². The zero-order chi connectivity index (χ0) is 15.8. The SMILES string of the molecule is CCC1(CC)NC(=O)C(C)N(c2ccc(I)cc2Cl)C1=O. The fourth-order valence-electron chi connectivity index (χ4n) is 2.64. The van der Waals surface area contributed by atoms with Crippen molar-refractivity contribution in [3.63, 3.8) is 0 Å². The molecule has 0 saturated carbocycles. The molecule has 1 aromatic carbocycles. The van der Waals surface area contributed by atoms with Crippen molar-refractivity contribution in [2.45, 2.75) is 45.2 Å². The van der Waals surface area contributed by atoms with Gasteiger partial charge in [-0.25, -0.2) is 0 Å². The number of benzene rings is 1. The van der Waals surface area contributed by atoms with Crippen LogP contribution in [0.2, 0.25) is 5.02 Å². The summed E-state index contributed by atoms with van der Waals surface area (Å²) in [6, 6.07) is 4.91. The summed E-state index contributed by atoms with van der Waals surface area (Å²) in [6.45, 7) is 5.54. The molecule has 21 heavy (non-hydrogen) atoms. The molecule has 1 N–H and O–H groups in total. The standard InChI is InChI=1S/C15H18ClIN2O2/c1-4-15(5-2)14(21)19(9(3)13(20)18-15)12-7-6-10(17)8-11(12)16/h6-9H,4-5H2,1-3H3,(H,18,20). The summed E-state index contributed by atoms with van der Waals surface area (Å²) < 4.78 is 0.986. The first-order valence-corrected chi connectivity index (χ1v) is 8.42. The maximum absolute atomic E-state index is 13.0. The smallest absolute Gasteiger partial charge is 0.253 e. The topological polar surface area (TPSA) is 49.4 Å². The van der Waals surface area contributed by atoms with Crippen molar-refractivity contribution in [1.29, 1.82) is 0 Å². The van der Waals surface area contributed by atoms with Crippen LogP contribution in [0.5, 0.6) is 0 Å². The molecule has 1 saturated heterocycles. The van der Waals surface area contributed by atoms with Gasteiger partial charge in [0.05, 0.1) is 10.7 Å². The summed E-state index contributed by atoms with van der Waals surface area (Å²) in [4.78, 5) is 26.8. The van der Waals surface area contributed by atoms with Gasteiger partial charge in [-0.3, -0.25) is 14.5 Å². The van der Waals surface area contributed by atoms with Crippen LogP contribution in [0.15, 0.2) is 18.2 Å². The Morgan fingerprint density at radius 3 is 2.48 bits per heavy atom. The molecule has 1 aromatic rings. The minimum atomic E-state index is -0.837. The number of hydrogen-bond acceptors (Lipinski definition) is 2. The van der Waals surface area contributed by atoms with E-state index in [-0.39, 0.29) is 11.8 Å². The average Bonchev–Trinajstić information content (AvgIpc) is 2.45. The molecule has 1 heterocycles. The van der Waals surface area contributed by atoms with Crippen LogP contribution >= 0.6 is 34.2 Å². The monoisotopic (exact) mass is 420 g/mol. The summed E-state index contributed by atoms with van der Waals surface area (Å²) in [6.07, 6.45) is 1.11. The first kappa shape index (κ1) is 16.5. The zero-order valence-electron chi connectivity index (χ0n) is 12.2. The lowest BCUT2D eigenvalue weighted by Gasteiger charge is -2.44. The van der Waals surface area contributed by atoms with E-state index >= 15 is 0 Å². The predicted molar refractivity (Wildman–Crippen MR) is 92.6 cm³/mol. The van der Waals surface area contributed by atoms with E-state index in [0.29, 0.717) is 23.6 Å². The molecular formula is C15H18ClIN2O2. The molecule has 2 rings (SSSR count). The number of carbonyl (C=O) groups excluding carboxylic acids is 2. The van der Waals surface area contributed by atoms with Crippen LogP contribution in [0.25, 0.3) is 0 Å². The van der Waals surface area contributed by atoms with Crippen molar-refractivity contribution in [1.82, 2.24) is 5.32 Å². The van der Waals surface area contributed by atoms with Crippen molar-refractivity contribution in [3.8, 4) is 0 Å². The number of anilines is 1. The number of halogens is 2. The van der Waals surface area contributed by atoms with Gasteiger partial charge in [0.15, 0.2) is 0 Å². The van der Waals surface area contributed by atoms with Crippen LogP contribution < -0.4 is 10.2 Å². The molecule has 1 atom stereocenters. The summed E-state index contributed by atoms with van der Waals surface area (Å²) in [5.41, 5.74) is -0.244. The molecule has 6 heteroatoms. The van der Waals surface area contributed by atoms with Gasteiger partial charge in [-0.2, -0.15) is 0 Å². The number of carbonyl (C=O) groups is 2. The largest absolute Gasteiger partial charge is 0.340 e. The van der Waals surface area contributed by atoms with Crippen LogP contribution in [0.4, 0.5) is 5.69 Å². The second-order valence-corrected chi connectivity index (χ2v) is 6.88. The highest BCUT2D eigenvalue weighted by Crippen LogP contribution is 2.34. The van der Waals surface area contributed by atoms with Crippen LogP contribution in [0.3, 0.4) is 0 Å². The number of piperazine rings is 1. The van der Waals surface area contributed by atoms with E-state index < -0.39 is 11.6 Å². The Balaban J connectivity index is 2.53. The molecule has 0 aromatic heterocycles. The molecule has 1 unspecified atom stereocenters. The molecule has 114 valence electrons. The highest BCUT2D eigenvalue weighted by atomic mass is 127. The highest BCUT2D eigenvalue weighted by Gasteiger charge is 2.48. The molecule has 0 spiro atoms. The third kappa shape index (κ3) is 2.77. The number of rotatable bonds is 3. The van der Waals surface area contributed by atoms with Crippen molar-refractivity contribution in [3.05, 3.63) is 26.8 Å². The maximum atomic E-state index is 13.0. The van der Waals surface area contributed by atoms with Gasteiger partial charge < -0.3 is 5.32 Å². The first-order valence-electron chi connectivity index (χ1n) is 6.97. The lowest BCUT2D eigenvalue weighted by Crippen LogP contribution is -2.69. The van der Waals surface area contributed by atoms with Crippen LogP contribution in [0.1, 0.15) is 33.6 Å². The third-order valence-corrected chi connectivity index (χ3v) is 5.11. The first-order chi connectivity index (χ1) is 9.86. The molecule has 0 radical (unpaired) electrons. The predicted octanol–water partition coefficient (Wildman–Crippen LogP) is 3.35. The fourth-order valence-corrected chi connectivity index (χ4v) is 3.59. The number of hydrogen-bond donors (Lipinski definition) is 1. The second-order valence-electron chi connectivity index (χ2n) is 5.23. The normalized spacial score (nSPS) is 21.4. The van der Waals surface area contributed by atoms with Gasteiger partial charge in [-0.05, 0) is 60.6 Å². The zero-order valence-corrected chi connectivity index (χ0v) is 15.2. The second kappa shape index (κ2) is 6.12. The van der Waals surface area contributed by atoms with E-state index in [4.69, 9.17) is 11.6 Å². The van der Waals surface area contributed by atoms with E-state index in [9.17, 15) is 9.59 Å². The molecule has 0 bridgehead atoms. The van der Waals surface area contributed by atoms with Crippen LogP contribution in [0, 0.1) is 3.57 Å². The van der Waals surface area contributed by atoms with Crippen molar-refractivity contribution < 1.29 is 9.59 Å². The molecule has 0 aliphatic carbocycles. The van der Waals surface area contributed by atoms with Gasteiger partial charge in [-0.15, -0.1) is 0 Å². The molecule has 2 amide bonds. The maximum Gasteiger partial charge on any atom is 0.253 e. The van der Waals surface area contributed by atoms with Gasteiger partial charge in [0.25, 0.3) is 5.91 Å². The van der Waals surface area contributed by atoms with E-state index in [1.54, 1.807) is 19.1 Å². The van der Waals surface area contributed by atoms with E-state index in [1.807, 2.05) is 19.9 Å². The summed E-state index contributed by atoms with van der Waals surface area (Å²) in [5.74, 6) is -0.240. The molecular weight excluding hydrogens is 403 g/mol. The Kier molecular flexibility index (Phi) is 4.82. The van der Waals surface area contributed by atoms with Gasteiger partial charge in [0, 0.05) is 3.57 Å². The van der Waals surface area contributed by atoms with Gasteiger partial charge >= 0.3 is 0 Å². The quantitative estimate of drug-likeness (QED) is 0.763. The molecule has 4 nitrogen and oxygen atoms in total. The summed E-state index contributed by atoms with van der Waals surface area (Å²) in [7, 11) is 0. The summed E-state index contributed by atoms with van der Waals surface area (Å²) >= 11 is 8.45. The Hall–Kier alpha value is -0.820. The van der Waals surface area contributed by atoms with Gasteiger partial charge in [0.2, 0.25) is 5.91 Å². The Morgan fingerprint density at radius 1 is 1.33 bits per heavy atom. The number of amides is 2. The Labute approximate surface area is 143 Å². The van der Waals surface area contributed by atoms with Crippen molar-refractivity contribution in [2.24, 2.45) is 0 Å². The lowest BCUT2D eigenvalue weighted by atomic mass is 9.87. The molecule has 1 fully saturated rings. The molecule has 1 aliphatic rings. The van der Waals surface area contributed by atoms with Crippen molar-refractivity contribution in [2.75, 3.05) is 4.90 Å². The Morgan fingerprint density at radius 2 is 1.95 bits per heavy atom. The van der Waals surface area contributed by atoms with E-state index in [0.717, 1.165) is 3.57 Å². The van der Waals surface area contributed by atoms with Crippen molar-refractivity contribution >= 4 is 51.7 Å². The lowest BCUT2D eigenvalue weighted by molar-refractivity contribution is -0.138. The van der Waals surface area contributed by atoms with E-state index in [1.165, 1.54) is 4.90 Å². The minimum Gasteiger partial charge on any atom is -0.340 e. The highest BCUT2D eigenvalue weighted by molar-refractivity contribution is 14.1. The summed E-state index contributed by atoms with van der Waals surface area (Å²) in [5, 5.41) is 3.37. The number of nitrogens with zero attached hydrogens (tertiary/aromatic N) is 1. The van der Waals surface area contributed by atoms with Crippen LogP contribution in [-0.4, -0.2) is 23.4 Å². The van der Waals surface area contributed by atoms with Gasteiger partial charge in [0.1, 0.15) is 11.6 Å². The Bertz CT molecular complexity index is 587.